The van der Waals surface area contributed by atoms with E-state index in [9.17, 15) is 13.2 Å². The first-order chi connectivity index (χ1) is 5.38. The van der Waals surface area contributed by atoms with Crippen LogP contribution in [0.15, 0.2) is 6.07 Å². The zero-order chi connectivity index (χ0) is 9.35. The van der Waals surface area contributed by atoms with Gasteiger partial charge in [-0.1, -0.05) is 0 Å². The van der Waals surface area contributed by atoms with Gasteiger partial charge in [0.25, 0.3) is 0 Å². The molecule has 0 radical (unpaired) electrons. The van der Waals surface area contributed by atoms with Crippen LogP contribution in [0.3, 0.4) is 0 Å². The highest BCUT2D eigenvalue weighted by Crippen LogP contribution is 2.22. The lowest BCUT2D eigenvalue weighted by Gasteiger charge is -2.03. The van der Waals surface area contributed by atoms with E-state index in [-0.39, 0.29) is 5.82 Å². The molecule has 2 N–H and O–H groups in total. The third-order valence-electron chi connectivity index (χ3n) is 1.11. The van der Waals surface area contributed by atoms with Crippen molar-refractivity contribution in [1.29, 1.82) is 0 Å². The van der Waals surface area contributed by atoms with Gasteiger partial charge in [0.15, 0.2) is 0 Å². The number of hydrogen-bond acceptors (Lipinski definition) is 3. The third-order valence-corrected chi connectivity index (χ3v) is 1.11. The molecule has 1 rings (SSSR count). The van der Waals surface area contributed by atoms with Crippen LogP contribution < -0.4 is 10.5 Å². The van der Waals surface area contributed by atoms with Gasteiger partial charge in [0, 0.05) is 13.1 Å². The Morgan fingerprint density at radius 2 is 2.17 bits per heavy atom. The topological polar surface area (TPSA) is 53.1 Å². The predicted octanol–water partition coefficient (Wildman–Crippen LogP) is 0.901. The molecule has 0 atom stereocenters. The number of alkyl halides is 3. The normalized spacial score (nSPS) is 11.7. The third kappa shape index (κ3) is 2.04. The molecule has 0 spiro atoms. The van der Waals surface area contributed by atoms with Crippen molar-refractivity contribution >= 4 is 5.82 Å². The summed E-state index contributed by atoms with van der Waals surface area (Å²) in [5, 5.41) is 3.35. The Bertz CT molecular complexity index is 260. The van der Waals surface area contributed by atoms with Gasteiger partial charge in [0.2, 0.25) is 5.88 Å². The van der Waals surface area contributed by atoms with Crippen LogP contribution in [0.25, 0.3) is 0 Å². The van der Waals surface area contributed by atoms with E-state index in [1.807, 2.05) is 0 Å². The Balaban J connectivity index is 2.77. The van der Waals surface area contributed by atoms with E-state index in [2.05, 4.69) is 9.84 Å². The molecule has 0 saturated carbocycles. The molecule has 1 aromatic rings. The van der Waals surface area contributed by atoms with Gasteiger partial charge in [-0.15, -0.1) is 18.3 Å². The minimum absolute atomic E-state index is 0.106. The summed E-state index contributed by atoms with van der Waals surface area (Å²) in [4.78, 5) is 0. The summed E-state index contributed by atoms with van der Waals surface area (Å²) < 4.78 is 39.3. The van der Waals surface area contributed by atoms with Crippen molar-refractivity contribution < 1.29 is 17.9 Å². The Labute approximate surface area is 65.7 Å². The van der Waals surface area contributed by atoms with Crippen LogP contribution >= 0.6 is 0 Å². The smallest absolute Gasteiger partial charge is 0.386 e. The van der Waals surface area contributed by atoms with E-state index in [4.69, 9.17) is 5.73 Å². The van der Waals surface area contributed by atoms with Crippen LogP contribution in [0.2, 0.25) is 0 Å². The number of rotatable bonds is 1. The number of ether oxygens (including phenoxy) is 1. The fraction of sp³-hybridized carbons (Fsp3) is 0.400. The van der Waals surface area contributed by atoms with Crippen molar-refractivity contribution in [2.75, 3.05) is 5.73 Å². The SMILES string of the molecule is Cn1nc(OC(F)(F)F)cc1N. The van der Waals surface area contributed by atoms with Crippen LogP contribution in [0, 0.1) is 0 Å². The number of anilines is 1. The Kier molecular flexibility index (Phi) is 1.87. The summed E-state index contributed by atoms with van der Waals surface area (Å²) >= 11 is 0. The van der Waals surface area contributed by atoms with Crippen LogP contribution in [-0.2, 0) is 7.05 Å². The molecular formula is C5H6F3N3O. The standard InChI is InChI=1S/C5H6F3N3O/c1-11-3(9)2-4(10-11)12-5(6,7)8/h2H,9H2,1H3. The maximum Gasteiger partial charge on any atom is 0.574 e. The van der Waals surface area contributed by atoms with Crippen LogP contribution in [0.5, 0.6) is 5.88 Å². The van der Waals surface area contributed by atoms with E-state index >= 15 is 0 Å². The maximum atomic E-state index is 11.6. The van der Waals surface area contributed by atoms with Crippen molar-refractivity contribution in [2.45, 2.75) is 6.36 Å². The van der Waals surface area contributed by atoms with Gasteiger partial charge >= 0.3 is 6.36 Å². The predicted molar refractivity (Wildman–Crippen MR) is 34.3 cm³/mol. The van der Waals surface area contributed by atoms with E-state index in [0.717, 1.165) is 10.7 Å². The molecule has 0 fully saturated rings. The first-order valence-electron chi connectivity index (χ1n) is 2.94. The van der Waals surface area contributed by atoms with Gasteiger partial charge in [-0.2, -0.15) is 0 Å². The summed E-state index contributed by atoms with van der Waals surface area (Å²) in [5.74, 6) is -0.447. The molecule has 0 bridgehead atoms. The zero-order valence-corrected chi connectivity index (χ0v) is 6.09. The number of halogens is 3. The average molecular weight is 181 g/mol. The number of nitrogens with two attached hydrogens (primary N) is 1. The molecule has 0 aliphatic heterocycles. The lowest BCUT2D eigenvalue weighted by molar-refractivity contribution is -0.276. The van der Waals surface area contributed by atoms with E-state index in [1.165, 1.54) is 7.05 Å². The summed E-state index contributed by atoms with van der Waals surface area (Å²) in [6.45, 7) is 0. The molecular weight excluding hydrogens is 175 g/mol. The Morgan fingerprint density at radius 1 is 1.58 bits per heavy atom. The summed E-state index contributed by atoms with van der Waals surface area (Å²) in [5.41, 5.74) is 5.21. The van der Waals surface area contributed by atoms with Crippen molar-refractivity contribution in [3.8, 4) is 5.88 Å². The number of hydrogen-bond donors (Lipinski definition) is 1. The van der Waals surface area contributed by atoms with Gasteiger partial charge < -0.3 is 10.5 Å². The molecule has 4 nitrogen and oxygen atoms in total. The van der Waals surface area contributed by atoms with Crippen LogP contribution in [-0.4, -0.2) is 16.1 Å². The number of nitrogens with zero attached hydrogens (tertiary/aromatic N) is 2. The quantitative estimate of drug-likeness (QED) is 0.700. The van der Waals surface area contributed by atoms with Crippen molar-refractivity contribution in [2.24, 2.45) is 7.05 Å². The lowest BCUT2D eigenvalue weighted by atomic mass is 10.6. The molecule has 0 aliphatic rings. The molecule has 1 heterocycles. The highest BCUT2D eigenvalue weighted by atomic mass is 19.4. The number of aromatic nitrogens is 2. The van der Waals surface area contributed by atoms with Crippen molar-refractivity contribution in [3.05, 3.63) is 6.07 Å². The Morgan fingerprint density at radius 3 is 2.50 bits per heavy atom. The van der Waals surface area contributed by atoms with Gasteiger partial charge in [0.1, 0.15) is 5.82 Å². The summed E-state index contributed by atoms with van der Waals surface area (Å²) in [6.07, 6.45) is -4.72. The first-order valence-corrected chi connectivity index (χ1v) is 2.94. The van der Waals surface area contributed by atoms with Gasteiger partial charge in [0.05, 0.1) is 0 Å². The first kappa shape index (κ1) is 8.69. The fourth-order valence-electron chi connectivity index (χ4n) is 0.623. The van der Waals surface area contributed by atoms with Crippen molar-refractivity contribution in [3.63, 3.8) is 0 Å². The molecule has 0 saturated heterocycles. The van der Waals surface area contributed by atoms with Crippen LogP contribution in [0.1, 0.15) is 0 Å². The monoisotopic (exact) mass is 181 g/mol. The molecule has 0 amide bonds. The lowest BCUT2D eigenvalue weighted by Crippen LogP contribution is -2.17. The molecule has 0 unspecified atom stereocenters. The minimum atomic E-state index is -4.72. The maximum absolute atomic E-state index is 11.6. The van der Waals surface area contributed by atoms with Gasteiger partial charge in [-0.3, -0.25) is 0 Å². The van der Waals surface area contributed by atoms with E-state index in [1.54, 1.807) is 0 Å². The minimum Gasteiger partial charge on any atom is -0.386 e. The molecule has 0 aliphatic carbocycles. The largest absolute Gasteiger partial charge is 0.574 e. The second kappa shape index (κ2) is 2.58. The summed E-state index contributed by atoms with van der Waals surface area (Å²) in [7, 11) is 1.42. The molecule has 68 valence electrons. The molecule has 12 heavy (non-hydrogen) atoms. The molecule has 0 aromatic carbocycles. The highest BCUT2D eigenvalue weighted by molar-refractivity contribution is 5.33. The fourth-order valence-corrected chi connectivity index (χ4v) is 0.623. The average Bonchev–Trinajstić information content (AvgIpc) is 2.07. The van der Waals surface area contributed by atoms with Crippen molar-refractivity contribution in [1.82, 2.24) is 9.78 Å². The Hall–Kier alpha value is -1.40. The van der Waals surface area contributed by atoms with Gasteiger partial charge in [-0.05, 0) is 0 Å². The van der Waals surface area contributed by atoms with E-state index < -0.39 is 12.2 Å². The summed E-state index contributed by atoms with van der Waals surface area (Å²) in [6, 6.07) is 0.994. The molecule has 7 heteroatoms. The van der Waals surface area contributed by atoms with Gasteiger partial charge in [-0.25, -0.2) is 4.68 Å². The number of nitrogen functional groups attached to an aromatic ring is 1. The van der Waals surface area contributed by atoms with E-state index in [0.29, 0.717) is 0 Å². The second-order valence-electron chi connectivity index (χ2n) is 2.08. The zero-order valence-electron chi connectivity index (χ0n) is 6.09. The number of aryl methyl sites for hydroxylation is 1. The van der Waals surface area contributed by atoms with Crippen LogP contribution in [0.4, 0.5) is 19.0 Å². The molecule has 1 aromatic heterocycles. The second-order valence-corrected chi connectivity index (χ2v) is 2.08. The highest BCUT2D eigenvalue weighted by Gasteiger charge is 2.32.